The molecule has 8 heteroatoms. The molecule has 3 aromatic rings. The van der Waals surface area contributed by atoms with Gasteiger partial charge in [0.25, 0.3) is 5.91 Å². The van der Waals surface area contributed by atoms with Gasteiger partial charge in [-0.3, -0.25) is 9.59 Å². The fraction of sp³-hybridized carbons (Fsp3) is 0.227. The van der Waals surface area contributed by atoms with E-state index in [1.54, 1.807) is 12.3 Å². The van der Waals surface area contributed by atoms with Crippen molar-refractivity contribution in [1.82, 2.24) is 10.4 Å². The molecule has 5 rings (SSSR count). The molecule has 0 unspecified atom stereocenters. The van der Waals surface area contributed by atoms with Crippen LogP contribution in [0.1, 0.15) is 32.7 Å². The Labute approximate surface area is 179 Å². The molecule has 0 saturated carbocycles. The number of amides is 2. The third-order valence-corrected chi connectivity index (χ3v) is 5.90. The van der Waals surface area contributed by atoms with Gasteiger partial charge in [0.15, 0.2) is 0 Å². The number of aryl methyl sites for hydroxylation is 1. The number of aromatic amines is 1. The number of nitrogens with zero attached hydrogens (tertiary/aromatic N) is 1. The zero-order valence-corrected chi connectivity index (χ0v) is 17.2. The van der Waals surface area contributed by atoms with Gasteiger partial charge < -0.3 is 16.0 Å². The molecule has 30 heavy (non-hydrogen) atoms. The number of anilines is 1. The Kier molecular flexibility index (Phi) is 5.09. The zero-order chi connectivity index (χ0) is 20.1. The number of fused-ring (bicyclic) bond motifs is 1. The summed E-state index contributed by atoms with van der Waals surface area (Å²) in [7, 11) is 0. The number of carbonyl (C=O) groups is 2. The van der Waals surface area contributed by atoms with E-state index < -0.39 is 6.04 Å². The summed E-state index contributed by atoms with van der Waals surface area (Å²) < 4.78 is 0. The molecule has 0 radical (unpaired) electrons. The fourth-order valence-electron chi connectivity index (χ4n) is 4.40. The third kappa shape index (κ3) is 3.26. The number of aromatic nitrogens is 1. The first-order chi connectivity index (χ1) is 14.0. The minimum atomic E-state index is -0.629. The molecule has 2 aromatic carbocycles. The van der Waals surface area contributed by atoms with E-state index in [1.165, 1.54) is 11.1 Å². The van der Waals surface area contributed by atoms with Gasteiger partial charge in [-0.25, -0.2) is 5.43 Å². The predicted molar refractivity (Wildman–Crippen MR) is 119 cm³/mol. The monoisotopic (exact) mass is 423 g/mol. The van der Waals surface area contributed by atoms with Crippen LogP contribution in [0, 0.1) is 12.8 Å². The maximum absolute atomic E-state index is 12.9. The van der Waals surface area contributed by atoms with Gasteiger partial charge in [-0.15, -0.1) is 12.4 Å². The van der Waals surface area contributed by atoms with Crippen LogP contribution in [0.25, 0.3) is 10.9 Å². The minimum Gasteiger partial charge on any atom is -0.358 e. The molecule has 2 amide bonds. The molecule has 1 atom stereocenters. The molecule has 154 valence electrons. The van der Waals surface area contributed by atoms with Crippen molar-refractivity contribution in [2.75, 3.05) is 5.32 Å². The lowest BCUT2D eigenvalue weighted by Crippen LogP contribution is -2.42. The Bertz CT molecular complexity index is 1170. The Hall–Kier alpha value is -3.16. The van der Waals surface area contributed by atoms with Gasteiger partial charge in [0.1, 0.15) is 0 Å². The molecule has 0 spiro atoms. The SMILES string of the molecule is Cc1[nH]c2cc(NC(=O)[C@H](N)C3Cc4ccccc4C3)cc3c2c1C=NNC3=O.Cl. The third-order valence-electron chi connectivity index (χ3n) is 5.90. The second-order valence-electron chi connectivity index (χ2n) is 7.76. The van der Waals surface area contributed by atoms with Crippen molar-refractivity contribution in [2.24, 2.45) is 16.8 Å². The number of carbonyl (C=O) groups excluding carboxylic acids is 2. The zero-order valence-electron chi connectivity index (χ0n) is 16.4. The van der Waals surface area contributed by atoms with Crippen molar-refractivity contribution < 1.29 is 9.59 Å². The Morgan fingerprint density at radius 2 is 1.93 bits per heavy atom. The van der Waals surface area contributed by atoms with E-state index in [-0.39, 0.29) is 30.1 Å². The molecule has 2 heterocycles. The van der Waals surface area contributed by atoms with Gasteiger partial charge in [-0.05, 0) is 48.9 Å². The van der Waals surface area contributed by atoms with E-state index in [0.29, 0.717) is 11.3 Å². The maximum Gasteiger partial charge on any atom is 0.272 e. The molecule has 2 aliphatic rings. The van der Waals surface area contributed by atoms with Crippen LogP contribution < -0.4 is 16.5 Å². The topological polar surface area (TPSA) is 112 Å². The maximum atomic E-state index is 12.9. The smallest absolute Gasteiger partial charge is 0.272 e. The van der Waals surface area contributed by atoms with E-state index in [0.717, 1.165) is 35.0 Å². The molecule has 7 nitrogen and oxygen atoms in total. The molecular formula is C22H22ClN5O2. The molecule has 0 saturated heterocycles. The number of benzene rings is 2. The molecule has 1 aliphatic heterocycles. The lowest BCUT2D eigenvalue weighted by Gasteiger charge is -2.18. The Balaban J connectivity index is 0.00000218. The van der Waals surface area contributed by atoms with Crippen LogP contribution in [0.5, 0.6) is 0 Å². The van der Waals surface area contributed by atoms with Gasteiger partial charge in [0.2, 0.25) is 5.91 Å². The van der Waals surface area contributed by atoms with Gasteiger partial charge in [0, 0.05) is 27.8 Å². The van der Waals surface area contributed by atoms with Crippen molar-refractivity contribution in [1.29, 1.82) is 0 Å². The van der Waals surface area contributed by atoms with E-state index >= 15 is 0 Å². The Morgan fingerprint density at radius 1 is 1.23 bits per heavy atom. The highest BCUT2D eigenvalue weighted by Crippen LogP contribution is 2.31. The number of hydrogen-bond donors (Lipinski definition) is 4. The normalized spacial score (nSPS) is 15.9. The summed E-state index contributed by atoms with van der Waals surface area (Å²) in [5.41, 5.74) is 14.9. The van der Waals surface area contributed by atoms with Crippen LogP contribution in [0.4, 0.5) is 5.69 Å². The summed E-state index contributed by atoms with van der Waals surface area (Å²) in [6.45, 7) is 1.92. The van der Waals surface area contributed by atoms with Crippen LogP contribution in [0.15, 0.2) is 41.5 Å². The number of hydrazone groups is 1. The molecule has 0 bridgehead atoms. The first-order valence-electron chi connectivity index (χ1n) is 9.64. The summed E-state index contributed by atoms with van der Waals surface area (Å²) in [5.74, 6) is -0.493. The summed E-state index contributed by atoms with van der Waals surface area (Å²) in [6, 6.07) is 11.1. The first kappa shape index (κ1) is 20.1. The molecule has 1 aromatic heterocycles. The number of rotatable bonds is 3. The molecule has 1 aliphatic carbocycles. The minimum absolute atomic E-state index is 0. The van der Waals surface area contributed by atoms with E-state index in [2.05, 4.69) is 33.0 Å². The quantitative estimate of drug-likeness (QED) is 0.519. The van der Waals surface area contributed by atoms with Crippen LogP contribution in [0.3, 0.4) is 0 Å². The molecule has 0 fully saturated rings. The standard InChI is InChI=1S/C22H21N5O2.ClH/c1-11-17-10-24-27-21(28)16-8-15(9-18(25-11)19(16)17)26-22(29)20(23)14-6-12-4-2-3-5-13(12)7-14;/h2-5,8-10,14,20,25H,6-7,23H2,1H3,(H,26,29)(H,27,28);1H/t20-;/m1./s1. The number of halogens is 1. The summed E-state index contributed by atoms with van der Waals surface area (Å²) in [6.07, 6.45) is 3.23. The van der Waals surface area contributed by atoms with Crippen LogP contribution in [-0.4, -0.2) is 29.1 Å². The number of hydrogen-bond acceptors (Lipinski definition) is 4. The van der Waals surface area contributed by atoms with Gasteiger partial charge in [-0.2, -0.15) is 5.10 Å². The molecule has 5 N–H and O–H groups in total. The van der Waals surface area contributed by atoms with Gasteiger partial charge >= 0.3 is 0 Å². The summed E-state index contributed by atoms with van der Waals surface area (Å²) in [4.78, 5) is 28.5. The van der Waals surface area contributed by atoms with Crippen LogP contribution in [-0.2, 0) is 17.6 Å². The highest BCUT2D eigenvalue weighted by atomic mass is 35.5. The van der Waals surface area contributed by atoms with Crippen molar-refractivity contribution in [2.45, 2.75) is 25.8 Å². The van der Waals surface area contributed by atoms with Gasteiger partial charge in [0.05, 0.1) is 17.8 Å². The van der Waals surface area contributed by atoms with Crippen molar-refractivity contribution >= 4 is 47.0 Å². The average Bonchev–Trinajstić information content (AvgIpc) is 3.22. The second kappa shape index (κ2) is 7.59. The molecular weight excluding hydrogens is 402 g/mol. The Morgan fingerprint density at radius 3 is 2.63 bits per heavy atom. The van der Waals surface area contributed by atoms with E-state index in [4.69, 9.17) is 5.73 Å². The summed E-state index contributed by atoms with van der Waals surface area (Å²) in [5, 5.41) is 7.67. The lowest BCUT2D eigenvalue weighted by molar-refractivity contribution is -0.118. The highest BCUT2D eigenvalue weighted by molar-refractivity contribution is 6.16. The largest absolute Gasteiger partial charge is 0.358 e. The fourth-order valence-corrected chi connectivity index (χ4v) is 4.40. The van der Waals surface area contributed by atoms with Gasteiger partial charge in [-0.1, -0.05) is 24.3 Å². The van der Waals surface area contributed by atoms with Crippen molar-refractivity contribution in [3.63, 3.8) is 0 Å². The number of nitrogens with one attached hydrogen (secondary N) is 3. The summed E-state index contributed by atoms with van der Waals surface area (Å²) >= 11 is 0. The second-order valence-corrected chi connectivity index (χ2v) is 7.76. The first-order valence-corrected chi connectivity index (χ1v) is 9.64. The van der Waals surface area contributed by atoms with Crippen molar-refractivity contribution in [3.8, 4) is 0 Å². The lowest BCUT2D eigenvalue weighted by atomic mass is 9.96. The highest BCUT2D eigenvalue weighted by Gasteiger charge is 2.31. The van der Waals surface area contributed by atoms with E-state index in [9.17, 15) is 9.59 Å². The van der Waals surface area contributed by atoms with Crippen LogP contribution >= 0.6 is 12.4 Å². The van der Waals surface area contributed by atoms with Crippen molar-refractivity contribution in [3.05, 3.63) is 64.3 Å². The number of nitrogens with two attached hydrogens (primary N) is 1. The average molecular weight is 424 g/mol. The predicted octanol–water partition coefficient (Wildman–Crippen LogP) is 2.66. The number of H-pyrrole nitrogens is 1. The van der Waals surface area contributed by atoms with E-state index in [1.807, 2.05) is 25.1 Å². The van der Waals surface area contributed by atoms with Crippen LogP contribution in [0.2, 0.25) is 0 Å².